The van der Waals surface area contributed by atoms with Gasteiger partial charge in [0.1, 0.15) is 23.4 Å². The maximum atomic E-state index is 13.4. The van der Waals surface area contributed by atoms with Crippen molar-refractivity contribution in [2.75, 3.05) is 0 Å². The van der Waals surface area contributed by atoms with Crippen molar-refractivity contribution >= 4 is 17.9 Å². The molecule has 3 amide bonds. The first kappa shape index (κ1) is 24.4. The highest BCUT2D eigenvalue weighted by Crippen LogP contribution is 2.25. The summed E-state index contributed by atoms with van der Waals surface area (Å²) in [7, 11) is 0. The molecule has 1 aliphatic heterocycles. The van der Waals surface area contributed by atoms with Crippen molar-refractivity contribution < 1.29 is 23.5 Å². The molecule has 178 valence electrons. The lowest BCUT2D eigenvalue weighted by atomic mass is 9.93. The van der Waals surface area contributed by atoms with E-state index in [4.69, 9.17) is 9.15 Å². The standard InChI is InChI=1S/C25H33N3O5/c1-16(2)21(23(30)26-14-19-11-8-12-32-19)27-22(29)20-13-17-9-6-7-10-18(17)15-28(20)24(31)33-25(3,4)5/h6-12,16,20-21H,13-15H2,1-5H3,(H,26,30)(H,27,29)/t20-,21-/m0/s1. The van der Waals surface area contributed by atoms with Gasteiger partial charge < -0.3 is 19.8 Å². The van der Waals surface area contributed by atoms with Crippen LogP contribution in [0.25, 0.3) is 0 Å². The number of benzene rings is 1. The first-order valence-corrected chi connectivity index (χ1v) is 11.2. The monoisotopic (exact) mass is 455 g/mol. The van der Waals surface area contributed by atoms with E-state index in [-0.39, 0.29) is 30.8 Å². The SMILES string of the molecule is CC(C)[C@H](NC(=O)[C@@H]1Cc2ccccc2CN1C(=O)OC(C)(C)C)C(=O)NCc1ccco1. The molecular formula is C25H33N3O5. The highest BCUT2D eigenvalue weighted by molar-refractivity contribution is 5.92. The normalized spacial score (nSPS) is 16.7. The lowest BCUT2D eigenvalue weighted by molar-refractivity contribution is -0.133. The van der Waals surface area contributed by atoms with E-state index in [0.717, 1.165) is 11.1 Å². The van der Waals surface area contributed by atoms with Crippen molar-refractivity contribution in [3.63, 3.8) is 0 Å². The number of hydrogen-bond donors (Lipinski definition) is 2. The number of ether oxygens (including phenoxy) is 1. The molecule has 1 aromatic carbocycles. The van der Waals surface area contributed by atoms with Crippen LogP contribution in [0.3, 0.4) is 0 Å². The van der Waals surface area contributed by atoms with Gasteiger partial charge in [0.25, 0.3) is 0 Å². The minimum absolute atomic E-state index is 0.156. The van der Waals surface area contributed by atoms with E-state index < -0.39 is 23.8 Å². The summed E-state index contributed by atoms with van der Waals surface area (Å²) in [6, 6.07) is 9.69. The van der Waals surface area contributed by atoms with Crippen LogP contribution in [0.4, 0.5) is 4.79 Å². The number of nitrogens with one attached hydrogen (secondary N) is 2. The Labute approximate surface area is 194 Å². The molecule has 2 aromatic rings. The zero-order chi connectivity index (χ0) is 24.2. The number of furan rings is 1. The Bertz CT molecular complexity index is 978. The van der Waals surface area contributed by atoms with Crippen molar-refractivity contribution in [3.05, 3.63) is 59.5 Å². The quantitative estimate of drug-likeness (QED) is 0.695. The summed E-state index contributed by atoms with van der Waals surface area (Å²) in [4.78, 5) is 40.6. The molecule has 33 heavy (non-hydrogen) atoms. The third-order valence-corrected chi connectivity index (χ3v) is 5.44. The number of fused-ring (bicyclic) bond motifs is 1. The van der Waals surface area contributed by atoms with Gasteiger partial charge in [-0.05, 0) is 49.9 Å². The first-order chi connectivity index (χ1) is 15.5. The molecule has 8 heteroatoms. The fraction of sp³-hybridized carbons (Fsp3) is 0.480. The number of carbonyl (C=O) groups excluding carboxylic acids is 3. The van der Waals surface area contributed by atoms with E-state index in [1.807, 2.05) is 38.1 Å². The predicted molar refractivity (Wildman–Crippen MR) is 123 cm³/mol. The molecule has 0 spiro atoms. The smallest absolute Gasteiger partial charge is 0.411 e. The largest absolute Gasteiger partial charge is 0.467 e. The maximum Gasteiger partial charge on any atom is 0.411 e. The fourth-order valence-electron chi connectivity index (χ4n) is 3.75. The molecule has 2 atom stereocenters. The molecule has 0 saturated carbocycles. The van der Waals surface area contributed by atoms with Crippen molar-refractivity contribution in [2.24, 2.45) is 5.92 Å². The van der Waals surface area contributed by atoms with Gasteiger partial charge in [-0.25, -0.2) is 4.79 Å². The molecule has 0 fully saturated rings. The van der Waals surface area contributed by atoms with E-state index >= 15 is 0 Å². The van der Waals surface area contributed by atoms with Gasteiger partial charge in [0, 0.05) is 6.42 Å². The van der Waals surface area contributed by atoms with E-state index in [1.54, 1.807) is 32.9 Å². The second-order valence-electron chi connectivity index (χ2n) is 9.62. The predicted octanol–water partition coefficient (Wildman–Crippen LogP) is 3.40. The Morgan fingerprint density at radius 3 is 2.42 bits per heavy atom. The Hall–Kier alpha value is -3.29. The van der Waals surface area contributed by atoms with Crippen molar-refractivity contribution in [1.82, 2.24) is 15.5 Å². The molecular weight excluding hydrogens is 422 g/mol. The lowest BCUT2D eigenvalue weighted by Crippen LogP contribution is -2.58. The number of carbonyl (C=O) groups is 3. The Balaban J connectivity index is 1.77. The fourth-order valence-corrected chi connectivity index (χ4v) is 3.75. The molecule has 0 bridgehead atoms. The number of nitrogens with zero attached hydrogens (tertiary/aromatic N) is 1. The van der Waals surface area contributed by atoms with Crippen molar-refractivity contribution in [2.45, 2.75) is 71.8 Å². The third kappa shape index (κ3) is 6.37. The molecule has 0 unspecified atom stereocenters. The van der Waals surface area contributed by atoms with Crippen LogP contribution in [0.2, 0.25) is 0 Å². The topological polar surface area (TPSA) is 101 Å². The van der Waals surface area contributed by atoms with Gasteiger partial charge in [-0.2, -0.15) is 0 Å². The van der Waals surface area contributed by atoms with Gasteiger partial charge in [-0.1, -0.05) is 38.1 Å². The summed E-state index contributed by atoms with van der Waals surface area (Å²) >= 11 is 0. The molecule has 1 aromatic heterocycles. The highest BCUT2D eigenvalue weighted by Gasteiger charge is 2.38. The number of amides is 3. The van der Waals surface area contributed by atoms with Crippen LogP contribution in [0.1, 0.15) is 51.5 Å². The van der Waals surface area contributed by atoms with E-state index in [2.05, 4.69) is 10.6 Å². The van der Waals surface area contributed by atoms with Crippen LogP contribution < -0.4 is 10.6 Å². The molecule has 0 aliphatic carbocycles. The van der Waals surface area contributed by atoms with E-state index in [9.17, 15) is 14.4 Å². The Morgan fingerprint density at radius 1 is 1.12 bits per heavy atom. The molecule has 2 N–H and O–H groups in total. The Kier molecular flexibility index (Phi) is 7.46. The molecule has 0 saturated heterocycles. The summed E-state index contributed by atoms with van der Waals surface area (Å²) in [6.07, 6.45) is 1.33. The zero-order valence-electron chi connectivity index (χ0n) is 19.9. The van der Waals surface area contributed by atoms with Crippen LogP contribution in [-0.2, 0) is 33.8 Å². The molecule has 3 rings (SSSR count). The minimum atomic E-state index is -0.783. The van der Waals surface area contributed by atoms with Gasteiger partial charge in [-0.15, -0.1) is 0 Å². The van der Waals surface area contributed by atoms with Gasteiger partial charge in [0.15, 0.2) is 0 Å². The van der Waals surface area contributed by atoms with E-state index in [1.165, 1.54) is 11.2 Å². The number of rotatable bonds is 6. The molecule has 0 radical (unpaired) electrons. The van der Waals surface area contributed by atoms with Crippen molar-refractivity contribution in [1.29, 1.82) is 0 Å². The average molecular weight is 456 g/mol. The van der Waals surface area contributed by atoms with Gasteiger partial charge in [0.2, 0.25) is 11.8 Å². The zero-order valence-corrected chi connectivity index (χ0v) is 19.9. The first-order valence-electron chi connectivity index (χ1n) is 11.2. The Morgan fingerprint density at radius 2 is 1.82 bits per heavy atom. The average Bonchev–Trinajstić information content (AvgIpc) is 3.27. The summed E-state index contributed by atoms with van der Waals surface area (Å²) in [5, 5.41) is 5.67. The second-order valence-corrected chi connectivity index (χ2v) is 9.62. The third-order valence-electron chi connectivity index (χ3n) is 5.44. The van der Waals surface area contributed by atoms with Crippen molar-refractivity contribution in [3.8, 4) is 0 Å². The molecule has 2 heterocycles. The summed E-state index contributed by atoms with van der Waals surface area (Å²) in [5.74, 6) is -0.231. The summed E-state index contributed by atoms with van der Waals surface area (Å²) in [6.45, 7) is 9.58. The summed E-state index contributed by atoms with van der Waals surface area (Å²) in [5.41, 5.74) is 1.28. The number of hydrogen-bond acceptors (Lipinski definition) is 5. The van der Waals surface area contributed by atoms with Crippen LogP contribution in [0, 0.1) is 5.92 Å². The molecule has 1 aliphatic rings. The van der Waals surface area contributed by atoms with Crippen LogP contribution in [0.15, 0.2) is 47.1 Å². The maximum absolute atomic E-state index is 13.4. The minimum Gasteiger partial charge on any atom is -0.467 e. The highest BCUT2D eigenvalue weighted by atomic mass is 16.6. The van der Waals surface area contributed by atoms with Crippen LogP contribution >= 0.6 is 0 Å². The van der Waals surface area contributed by atoms with Gasteiger partial charge in [-0.3, -0.25) is 14.5 Å². The summed E-state index contributed by atoms with van der Waals surface area (Å²) < 4.78 is 10.8. The van der Waals surface area contributed by atoms with Crippen LogP contribution in [0.5, 0.6) is 0 Å². The second kappa shape index (κ2) is 10.1. The van der Waals surface area contributed by atoms with Gasteiger partial charge >= 0.3 is 6.09 Å². The lowest BCUT2D eigenvalue weighted by Gasteiger charge is -2.37. The van der Waals surface area contributed by atoms with Crippen LogP contribution in [-0.4, -0.2) is 40.5 Å². The molecule has 8 nitrogen and oxygen atoms in total. The van der Waals surface area contributed by atoms with E-state index in [0.29, 0.717) is 12.2 Å². The van der Waals surface area contributed by atoms with Gasteiger partial charge in [0.05, 0.1) is 19.4 Å².